The van der Waals surface area contributed by atoms with Crippen LogP contribution >= 0.6 is 0 Å². The SMILES string of the molecule is Cc1cc(C(N)=O)c2c(c1)N(C(C)C)C(=O)C2. The molecule has 17 heavy (non-hydrogen) atoms. The van der Waals surface area contributed by atoms with Crippen LogP contribution in [0.4, 0.5) is 5.69 Å². The van der Waals surface area contributed by atoms with Crippen molar-refractivity contribution in [1.82, 2.24) is 0 Å². The van der Waals surface area contributed by atoms with Gasteiger partial charge in [0.15, 0.2) is 0 Å². The average molecular weight is 232 g/mol. The average Bonchev–Trinajstić information content (AvgIpc) is 2.52. The Morgan fingerprint density at radius 1 is 1.41 bits per heavy atom. The van der Waals surface area contributed by atoms with Gasteiger partial charge < -0.3 is 10.6 Å². The molecule has 1 aromatic rings. The standard InChI is InChI=1S/C13H16N2O2/c1-7(2)15-11-5-8(3)4-10(13(14)17)9(11)6-12(15)16/h4-5,7H,6H2,1-3H3,(H2,14,17). The first-order valence-corrected chi connectivity index (χ1v) is 5.67. The fourth-order valence-electron chi connectivity index (χ4n) is 2.35. The Kier molecular flexibility index (Phi) is 2.65. The lowest BCUT2D eigenvalue weighted by atomic mass is 10.0. The van der Waals surface area contributed by atoms with Crippen molar-refractivity contribution in [3.8, 4) is 0 Å². The summed E-state index contributed by atoms with van der Waals surface area (Å²) in [5, 5.41) is 0. The molecule has 2 rings (SSSR count). The second-order valence-electron chi connectivity index (χ2n) is 4.71. The molecule has 0 radical (unpaired) electrons. The van der Waals surface area contributed by atoms with E-state index in [9.17, 15) is 9.59 Å². The molecule has 1 aliphatic rings. The van der Waals surface area contributed by atoms with E-state index in [1.165, 1.54) is 0 Å². The Balaban J connectivity index is 2.64. The van der Waals surface area contributed by atoms with E-state index in [-0.39, 0.29) is 18.4 Å². The number of hydrogen-bond donors (Lipinski definition) is 1. The first-order valence-electron chi connectivity index (χ1n) is 5.67. The van der Waals surface area contributed by atoms with Gasteiger partial charge in [0.25, 0.3) is 0 Å². The van der Waals surface area contributed by atoms with Gasteiger partial charge in [-0.2, -0.15) is 0 Å². The summed E-state index contributed by atoms with van der Waals surface area (Å²) < 4.78 is 0. The predicted molar refractivity (Wildman–Crippen MR) is 66.0 cm³/mol. The van der Waals surface area contributed by atoms with Crippen LogP contribution in [-0.2, 0) is 11.2 Å². The topological polar surface area (TPSA) is 63.4 Å². The number of nitrogens with two attached hydrogens (primary N) is 1. The van der Waals surface area contributed by atoms with Crippen molar-refractivity contribution < 1.29 is 9.59 Å². The molecule has 2 amide bonds. The van der Waals surface area contributed by atoms with Crippen LogP contribution in [-0.4, -0.2) is 17.9 Å². The quantitative estimate of drug-likeness (QED) is 0.837. The van der Waals surface area contributed by atoms with E-state index in [1.54, 1.807) is 11.0 Å². The molecule has 0 saturated heterocycles. The number of amides is 2. The van der Waals surface area contributed by atoms with Crippen molar-refractivity contribution in [3.63, 3.8) is 0 Å². The largest absolute Gasteiger partial charge is 0.366 e. The molecule has 0 aliphatic carbocycles. The van der Waals surface area contributed by atoms with E-state index >= 15 is 0 Å². The van der Waals surface area contributed by atoms with Gasteiger partial charge in [0, 0.05) is 17.3 Å². The first-order chi connectivity index (χ1) is 7.91. The van der Waals surface area contributed by atoms with Gasteiger partial charge in [0.05, 0.1) is 6.42 Å². The van der Waals surface area contributed by atoms with Crippen LogP contribution in [0.15, 0.2) is 12.1 Å². The lowest BCUT2D eigenvalue weighted by molar-refractivity contribution is -0.117. The Morgan fingerprint density at radius 2 is 2.06 bits per heavy atom. The van der Waals surface area contributed by atoms with Gasteiger partial charge in [-0.1, -0.05) is 0 Å². The number of anilines is 1. The molecule has 0 spiro atoms. The second kappa shape index (κ2) is 3.87. The number of benzene rings is 1. The molecular formula is C13H16N2O2. The summed E-state index contributed by atoms with van der Waals surface area (Å²) in [6, 6.07) is 3.77. The van der Waals surface area contributed by atoms with Crippen LogP contribution in [0.5, 0.6) is 0 Å². The normalized spacial score (nSPS) is 14.4. The van der Waals surface area contributed by atoms with Gasteiger partial charge in [0.1, 0.15) is 0 Å². The maximum atomic E-state index is 11.9. The van der Waals surface area contributed by atoms with Crippen LogP contribution in [0.1, 0.15) is 35.3 Å². The van der Waals surface area contributed by atoms with E-state index in [1.807, 2.05) is 26.8 Å². The summed E-state index contributed by atoms with van der Waals surface area (Å²) in [4.78, 5) is 25.1. The molecule has 4 heteroatoms. The zero-order valence-electron chi connectivity index (χ0n) is 10.3. The van der Waals surface area contributed by atoms with Gasteiger partial charge in [0.2, 0.25) is 11.8 Å². The number of rotatable bonds is 2. The fourth-order valence-corrected chi connectivity index (χ4v) is 2.35. The van der Waals surface area contributed by atoms with Crippen LogP contribution in [0, 0.1) is 6.92 Å². The van der Waals surface area contributed by atoms with E-state index < -0.39 is 5.91 Å². The van der Waals surface area contributed by atoms with Gasteiger partial charge in [-0.25, -0.2) is 0 Å². The monoisotopic (exact) mass is 232 g/mol. The number of carbonyl (C=O) groups is 2. The molecule has 1 aromatic carbocycles. The highest BCUT2D eigenvalue weighted by molar-refractivity contribution is 6.07. The smallest absolute Gasteiger partial charge is 0.249 e. The minimum Gasteiger partial charge on any atom is -0.366 e. The first kappa shape index (κ1) is 11.6. The van der Waals surface area contributed by atoms with E-state index in [2.05, 4.69) is 0 Å². The molecule has 4 nitrogen and oxygen atoms in total. The molecule has 90 valence electrons. The third-order valence-electron chi connectivity index (χ3n) is 3.01. The third kappa shape index (κ3) is 1.79. The van der Waals surface area contributed by atoms with Gasteiger partial charge >= 0.3 is 0 Å². The maximum Gasteiger partial charge on any atom is 0.249 e. The summed E-state index contributed by atoms with van der Waals surface area (Å²) in [6.45, 7) is 5.81. The third-order valence-corrected chi connectivity index (χ3v) is 3.01. The Hall–Kier alpha value is -1.84. The maximum absolute atomic E-state index is 11.9. The van der Waals surface area contributed by atoms with E-state index in [0.29, 0.717) is 5.56 Å². The number of nitrogens with zero attached hydrogens (tertiary/aromatic N) is 1. The van der Waals surface area contributed by atoms with Gasteiger partial charge in [-0.3, -0.25) is 9.59 Å². The molecule has 0 bridgehead atoms. The lowest BCUT2D eigenvalue weighted by Crippen LogP contribution is -2.33. The van der Waals surface area contributed by atoms with Crippen molar-refractivity contribution in [2.24, 2.45) is 5.73 Å². The van der Waals surface area contributed by atoms with E-state index in [4.69, 9.17) is 5.73 Å². The molecule has 1 heterocycles. The lowest BCUT2D eigenvalue weighted by Gasteiger charge is -2.22. The minimum absolute atomic E-state index is 0.0306. The summed E-state index contributed by atoms with van der Waals surface area (Å²) in [6.07, 6.45) is 0.270. The molecule has 0 unspecified atom stereocenters. The Bertz CT molecular complexity index is 506. The van der Waals surface area contributed by atoms with Crippen LogP contribution in [0.2, 0.25) is 0 Å². The summed E-state index contributed by atoms with van der Waals surface area (Å²) in [5.74, 6) is -0.438. The second-order valence-corrected chi connectivity index (χ2v) is 4.71. The van der Waals surface area contributed by atoms with E-state index in [0.717, 1.165) is 16.8 Å². The zero-order chi connectivity index (χ0) is 12.7. The zero-order valence-corrected chi connectivity index (χ0v) is 10.3. The molecule has 0 fully saturated rings. The van der Waals surface area contributed by atoms with Crippen LogP contribution < -0.4 is 10.6 Å². The highest BCUT2D eigenvalue weighted by Gasteiger charge is 2.32. The van der Waals surface area contributed by atoms with Gasteiger partial charge in [-0.05, 0) is 44.0 Å². The Labute approximate surface area is 100 Å². The summed E-state index contributed by atoms with van der Waals surface area (Å²) in [5.41, 5.74) is 8.36. The summed E-state index contributed by atoms with van der Waals surface area (Å²) in [7, 11) is 0. The minimum atomic E-state index is -0.469. The van der Waals surface area contributed by atoms with Crippen molar-refractivity contribution in [1.29, 1.82) is 0 Å². The van der Waals surface area contributed by atoms with Crippen LogP contribution in [0.25, 0.3) is 0 Å². The highest BCUT2D eigenvalue weighted by atomic mass is 16.2. The number of fused-ring (bicyclic) bond motifs is 1. The Morgan fingerprint density at radius 3 is 2.59 bits per heavy atom. The van der Waals surface area contributed by atoms with Crippen molar-refractivity contribution >= 4 is 17.5 Å². The molecule has 0 atom stereocenters. The molecule has 2 N–H and O–H groups in total. The molecule has 0 aromatic heterocycles. The molecule has 0 saturated carbocycles. The van der Waals surface area contributed by atoms with Crippen molar-refractivity contribution in [2.45, 2.75) is 33.2 Å². The highest BCUT2D eigenvalue weighted by Crippen LogP contribution is 2.34. The number of aryl methyl sites for hydroxylation is 1. The molecular weight excluding hydrogens is 216 g/mol. The fraction of sp³-hybridized carbons (Fsp3) is 0.385. The van der Waals surface area contributed by atoms with Crippen molar-refractivity contribution in [2.75, 3.05) is 4.90 Å². The van der Waals surface area contributed by atoms with Crippen molar-refractivity contribution in [3.05, 3.63) is 28.8 Å². The predicted octanol–water partition coefficient (Wildman–Crippen LogP) is 1.39. The molecule has 1 aliphatic heterocycles. The number of hydrogen-bond acceptors (Lipinski definition) is 2. The number of carbonyl (C=O) groups excluding carboxylic acids is 2. The van der Waals surface area contributed by atoms with Crippen LogP contribution in [0.3, 0.4) is 0 Å². The van der Waals surface area contributed by atoms with Gasteiger partial charge in [-0.15, -0.1) is 0 Å². The number of primary amides is 1. The summed E-state index contributed by atoms with van der Waals surface area (Å²) >= 11 is 0.